The summed E-state index contributed by atoms with van der Waals surface area (Å²) in [6.07, 6.45) is 13.1. The second kappa shape index (κ2) is 3.96. The van der Waals surface area contributed by atoms with Crippen molar-refractivity contribution in [2.24, 2.45) is 47.3 Å². The van der Waals surface area contributed by atoms with Gasteiger partial charge >= 0.3 is 0 Å². The van der Waals surface area contributed by atoms with Crippen LogP contribution in [0.15, 0.2) is 11.1 Å². The molecule has 0 heterocycles. The number of hydrogen-bond acceptors (Lipinski definition) is 1. The molecule has 0 unspecified atom stereocenters. The van der Waals surface area contributed by atoms with Gasteiger partial charge in [0, 0.05) is 5.92 Å². The van der Waals surface area contributed by atoms with Crippen LogP contribution in [0.4, 0.5) is 0 Å². The first-order chi connectivity index (χ1) is 10.3. The van der Waals surface area contributed by atoms with Crippen molar-refractivity contribution in [2.75, 3.05) is 0 Å². The van der Waals surface area contributed by atoms with E-state index in [0.29, 0.717) is 11.8 Å². The van der Waals surface area contributed by atoms with Crippen molar-refractivity contribution in [1.29, 1.82) is 0 Å². The molecule has 0 saturated heterocycles. The number of hydrogen-bond donors (Lipinski definition) is 1. The minimum atomic E-state index is 0.0255. The van der Waals surface area contributed by atoms with Crippen molar-refractivity contribution in [3.8, 4) is 0 Å². The first-order valence-electron chi connectivity index (χ1n) is 9.68. The molecule has 114 valence electrons. The van der Waals surface area contributed by atoms with Crippen molar-refractivity contribution in [1.82, 2.24) is 0 Å². The molecule has 0 aromatic carbocycles. The predicted octanol–water partition coefficient (Wildman–Crippen LogP) is 4.17. The van der Waals surface area contributed by atoms with Gasteiger partial charge in [0.15, 0.2) is 0 Å². The lowest BCUT2D eigenvalue weighted by Crippen LogP contribution is -2.52. The molecule has 5 atom stereocenters. The lowest BCUT2D eigenvalue weighted by atomic mass is 9.47. The lowest BCUT2D eigenvalue weighted by Gasteiger charge is -2.59. The number of allylic oxidation sites excluding steroid dienone is 1. The normalized spacial score (nSPS) is 60.1. The molecule has 1 N–H and O–H groups in total. The molecular formula is C20H28O. The second-order valence-corrected chi connectivity index (χ2v) is 9.58. The Kier molecular flexibility index (Phi) is 2.29. The minimum absolute atomic E-state index is 0.0255. The van der Waals surface area contributed by atoms with Crippen LogP contribution in [0.5, 0.6) is 0 Å². The maximum atomic E-state index is 10.8. The predicted molar refractivity (Wildman–Crippen MR) is 82.5 cm³/mol. The van der Waals surface area contributed by atoms with Crippen molar-refractivity contribution in [2.45, 2.75) is 63.9 Å². The van der Waals surface area contributed by atoms with Crippen LogP contribution in [0.1, 0.15) is 57.8 Å². The molecule has 8 fully saturated rings. The van der Waals surface area contributed by atoms with E-state index in [1.165, 1.54) is 51.4 Å². The average molecular weight is 284 g/mol. The first kappa shape index (κ1) is 12.2. The summed E-state index contributed by atoms with van der Waals surface area (Å²) in [6, 6.07) is 0. The molecule has 8 rings (SSSR count). The van der Waals surface area contributed by atoms with Gasteiger partial charge in [0.1, 0.15) is 0 Å². The topological polar surface area (TPSA) is 20.2 Å². The summed E-state index contributed by atoms with van der Waals surface area (Å²) in [6.45, 7) is 0. The summed E-state index contributed by atoms with van der Waals surface area (Å²) in [5, 5.41) is 10.8. The highest BCUT2D eigenvalue weighted by atomic mass is 16.3. The number of aliphatic hydroxyl groups excluding tert-OH is 1. The SMILES string of the molecule is O[C@@H]1[C@H]2C[C@H]3C[C@H](C2)C(=C2C4CC5CC(C4)CC2C5)[C@@H]1C3. The van der Waals surface area contributed by atoms with Gasteiger partial charge in [-0.3, -0.25) is 0 Å². The molecule has 0 aromatic rings. The van der Waals surface area contributed by atoms with Crippen molar-refractivity contribution < 1.29 is 5.11 Å². The van der Waals surface area contributed by atoms with E-state index in [2.05, 4.69) is 0 Å². The molecule has 0 aliphatic heterocycles. The van der Waals surface area contributed by atoms with Crippen LogP contribution in [-0.4, -0.2) is 11.2 Å². The highest BCUT2D eigenvalue weighted by Crippen LogP contribution is 2.63. The van der Waals surface area contributed by atoms with Crippen LogP contribution >= 0.6 is 0 Å². The van der Waals surface area contributed by atoms with E-state index in [1.807, 2.05) is 11.1 Å². The number of aliphatic hydroxyl groups is 1. The zero-order chi connectivity index (χ0) is 13.7. The Morgan fingerprint density at radius 3 is 1.81 bits per heavy atom. The van der Waals surface area contributed by atoms with Crippen LogP contribution in [0.3, 0.4) is 0 Å². The van der Waals surface area contributed by atoms with Gasteiger partial charge in [0.25, 0.3) is 0 Å². The van der Waals surface area contributed by atoms with Gasteiger partial charge < -0.3 is 5.11 Å². The monoisotopic (exact) mass is 284 g/mol. The van der Waals surface area contributed by atoms with Gasteiger partial charge in [-0.2, -0.15) is 0 Å². The molecule has 21 heavy (non-hydrogen) atoms. The zero-order valence-electron chi connectivity index (χ0n) is 13.0. The van der Waals surface area contributed by atoms with Crippen molar-refractivity contribution in [3.63, 3.8) is 0 Å². The van der Waals surface area contributed by atoms with Gasteiger partial charge in [0.05, 0.1) is 6.10 Å². The van der Waals surface area contributed by atoms with E-state index in [-0.39, 0.29) is 6.10 Å². The molecule has 0 amide bonds. The summed E-state index contributed by atoms with van der Waals surface area (Å²) in [5.41, 5.74) is 3.79. The Bertz CT molecular complexity index is 488. The second-order valence-electron chi connectivity index (χ2n) is 9.58. The third kappa shape index (κ3) is 1.52. The van der Waals surface area contributed by atoms with Crippen LogP contribution in [0, 0.1) is 47.3 Å². The van der Waals surface area contributed by atoms with E-state index in [0.717, 1.165) is 35.5 Å². The van der Waals surface area contributed by atoms with E-state index in [4.69, 9.17) is 0 Å². The number of rotatable bonds is 0. The fraction of sp³-hybridized carbons (Fsp3) is 0.900. The fourth-order valence-electron chi connectivity index (χ4n) is 8.26. The third-order valence-electron chi connectivity index (χ3n) is 8.51. The van der Waals surface area contributed by atoms with E-state index >= 15 is 0 Å². The standard InChI is InChI=1S/C20H28O/c21-20-16-7-12-6-15(9-16)19(17(20)8-12)18-13-2-10-1-11(4-13)5-14(18)3-10/h10-17,20-21H,1-9H2/t10?,11?,12-,13?,14?,15-,16+,17+,20-/m1/s1. The van der Waals surface area contributed by atoms with E-state index in [1.54, 1.807) is 6.42 Å². The van der Waals surface area contributed by atoms with Crippen molar-refractivity contribution in [3.05, 3.63) is 11.1 Å². The Hall–Kier alpha value is -0.300. The molecule has 0 aromatic heterocycles. The quantitative estimate of drug-likeness (QED) is 0.662. The van der Waals surface area contributed by atoms with Gasteiger partial charge in [-0.15, -0.1) is 0 Å². The maximum absolute atomic E-state index is 10.8. The van der Waals surface area contributed by atoms with Gasteiger partial charge in [-0.05, 0) is 99.2 Å². The smallest absolute Gasteiger partial charge is 0.0634 e. The Labute approximate surface area is 128 Å². The highest BCUT2D eigenvalue weighted by Gasteiger charge is 2.54. The molecular weight excluding hydrogens is 256 g/mol. The fourth-order valence-corrected chi connectivity index (χ4v) is 8.26. The Morgan fingerprint density at radius 2 is 1.14 bits per heavy atom. The molecule has 0 radical (unpaired) electrons. The van der Waals surface area contributed by atoms with Crippen LogP contribution in [-0.2, 0) is 0 Å². The highest BCUT2D eigenvalue weighted by molar-refractivity contribution is 5.34. The summed E-state index contributed by atoms with van der Waals surface area (Å²) in [5.74, 6) is 7.13. The first-order valence-corrected chi connectivity index (χ1v) is 9.68. The maximum Gasteiger partial charge on any atom is 0.0634 e. The summed E-state index contributed by atoms with van der Waals surface area (Å²) in [4.78, 5) is 0. The van der Waals surface area contributed by atoms with E-state index < -0.39 is 0 Å². The van der Waals surface area contributed by atoms with E-state index in [9.17, 15) is 5.11 Å². The molecule has 8 bridgehead atoms. The Balaban J connectivity index is 1.47. The van der Waals surface area contributed by atoms with Gasteiger partial charge in [0.2, 0.25) is 0 Å². The van der Waals surface area contributed by atoms with Crippen LogP contribution in [0.25, 0.3) is 0 Å². The summed E-state index contributed by atoms with van der Waals surface area (Å²) >= 11 is 0. The molecule has 8 saturated carbocycles. The molecule has 8 aliphatic carbocycles. The molecule has 1 nitrogen and oxygen atoms in total. The molecule has 0 spiro atoms. The molecule has 1 heteroatoms. The van der Waals surface area contributed by atoms with Crippen LogP contribution in [0.2, 0.25) is 0 Å². The van der Waals surface area contributed by atoms with Gasteiger partial charge in [-0.1, -0.05) is 11.1 Å². The zero-order valence-corrected chi connectivity index (χ0v) is 13.0. The molecule has 8 aliphatic rings. The summed E-state index contributed by atoms with van der Waals surface area (Å²) in [7, 11) is 0. The Morgan fingerprint density at radius 1 is 0.571 bits per heavy atom. The average Bonchev–Trinajstić information content (AvgIpc) is 2.45. The van der Waals surface area contributed by atoms with Gasteiger partial charge in [-0.25, -0.2) is 0 Å². The summed E-state index contributed by atoms with van der Waals surface area (Å²) < 4.78 is 0. The van der Waals surface area contributed by atoms with Crippen LogP contribution < -0.4 is 0 Å². The largest absolute Gasteiger partial charge is 0.392 e. The third-order valence-corrected chi connectivity index (χ3v) is 8.51. The lowest BCUT2D eigenvalue weighted by molar-refractivity contribution is -0.0620. The minimum Gasteiger partial charge on any atom is -0.392 e. The van der Waals surface area contributed by atoms with Crippen molar-refractivity contribution >= 4 is 0 Å².